The molecule has 116 valence electrons. The third-order valence-corrected chi connectivity index (χ3v) is 4.85. The quantitative estimate of drug-likeness (QED) is 0.712. The standard InChI is InChI=1S/C17H14BrN3OS/c1-21-10-9-19-17(21)23-15-8-3-2-7-14(15)20-16(22)12-5-4-6-13(18)11-12/h2-11H,1H3,(H,20,22). The number of rotatable bonds is 4. The summed E-state index contributed by atoms with van der Waals surface area (Å²) in [6, 6.07) is 15.0. The zero-order valence-electron chi connectivity index (χ0n) is 12.4. The molecule has 1 heterocycles. The smallest absolute Gasteiger partial charge is 0.255 e. The van der Waals surface area contributed by atoms with Crippen LogP contribution in [0.3, 0.4) is 0 Å². The lowest BCUT2D eigenvalue weighted by Crippen LogP contribution is -2.12. The fourth-order valence-corrected chi connectivity index (χ4v) is 3.32. The summed E-state index contributed by atoms with van der Waals surface area (Å²) in [4.78, 5) is 17.7. The molecule has 0 aliphatic carbocycles. The van der Waals surface area contributed by atoms with Gasteiger partial charge in [0.15, 0.2) is 5.16 Å². The molecule has 2 aromatic carbocycles. The zero-order chi connectivity index (χ0) is 16.2. The Kier molecular flexibility index (Phi) is 4.83. The highest BCUT2D eigenvalue weighted by atomic mass is 79.9. The molecule has 1 aromatic heterocycles. The van der Waals surface area contributed by atoms with Gasteiger partial charge in [-0.3, -0.25) is 4.79 Å². The number of halogens is 1. The molecule has 0 fully saturated rings. The van der Waals surface area contributed by atoms with Crippen LogP contribution in [0.2, 0.25) is 0 Å². The van der Waals surface area contributed by atoms with Crippen molar-refractivity contribution < 1.29 is 4.79 Å². The minimum atomic E-state index is -0.140. The Morgan fingerprint density at radius 2 is 2.04 bits per heavy atom. The third kappa shape index (κ3) is 3.83. The van der Waals surface area contributed by atoms with Crippen molar-refractivity contribution >= 4 is 39.3 Å². The van der Waals surface area contributed by atoms with E-state index in [0.29, 0.717) is 5.56 Å². The lowest BCUT2D eigenvalue weighted by atomic mass is 10.2. The SMILES string of the molecule is Cn1ccnc1Sc1ccccc1NC(=O)c1cccc(Br)c1. The van der Waals surface area contributed by atoms with E-state index in [-0.39, 0.29) is 5.91 Å². The van der Waals surface area contributed by atoms with Gasteiger partial charge in [0.1, 0.15) is 0 Å². The maximum atomic E-state index is 12.4. The summed E-state index contributed by atoms with van der Waals surface area (Å²) in [7, 11) is 1.94. The molecule has 4 nitrogen and oxygen atoms in total. The molecule has 0 saturated heterocycles. The van der Waals surface area contributed by atoms with E-state index in [1.54, 1.807) is 18.3 Å². The summed E-state index contributed by atoms with van der Waals surface area (Å²) >= 11 is 4.90. The molecular weight excluding hydrogens is 374 g/mol. The molecule has 1 N–H and O–H groups in total. The average Bonchev–Trinajstić information content (AvgIpc) is 2.94. The predicted octanol–water partition coefficient (Wildman–Crippen LogP) is 4.59. The highest BCUT2D eigenvalue weighted by Crippen LogP contribution is 2.32. The molecule has 0 saturated carbocycles. The Labute approximate surface area is 147 Å². The van der Waals surface area contributed by atoms with Crippen LogP contribution in [-0.2, 0) is 7.05 Å². The van der Waals surface area contributed by atoms with Gasteiger partial charge in [0.05, 0.1) is 5.69 Å². The Morgan fingerprint density at radius 1 is 1.22 bits per heavy atom. The molecule has 0 spiro atoms. The number of para-hydroxylation sites is 1. The van der Waals surface area contributed by atoms with Crippen molar-refractivity contribution in [1.29, 1.82) is 0 Å². The number of benzene rings is 2. The first-order valence-corrected chi connectivity index (χ1v) is 8.55. The second-order valence-corrected chi connectivity index (χ2v) is 6.81. The molecule has 3 aromatic rings. The molecule has 6 heteroatoms. The molecule has 0 bridgehead atoms. The van der Waals surface area contributed by atoms with Gasteiger partial charge in [-0.2, -0.15) is 0 Å². The van der Waals surface area contributed by atoms with Gasteiger partial charge in [-0.25, -0.2) is 4.98 Å². The van der Waals surface area contributed by atoms with E-state index in [9.17, 15) is 4.79 Å². The van der Waals surface area contributed by atoms with Crippen LogP contribution in [0.25, 0.3) is 0 Å². The fraction of sp³-hybridized carbons (Fsp3) is 0.0588. The number of nitrogens with one attached hydrogen (secondary N) is 1. The lowest BCUT2D eigenvalue weighted by molar-refractivity contribution is 0.102. The number of hydrogen-bond donors (Lipinski definition) is 1. The first-order chi connectivity index (χ1) is 11.1. The third-order valence-electron chi connectivity index (χ3n) is 3.20. The maximum absolute atomic E-state index is 12.4. The largest absolute Gasteiger partial charge is 0.329 e. The fourth-order valence-electron chi connectivity index (χ4n) is 2.03. The summed E-state index contributed by atoms with van der Waals surface area (Å²) in [5, 5.41) is 3.84. The van der Waals surface area contributed by atoms with Crippen LogP contribution in [0.5, 0.6) is 0 Å². The monoisotopic (exact) mass is 387 g/mol. The molecule has 23 heavy (non-hydrogen) atoms. The molecule has 0 atom stereocenters. The van der Waals surface area contributed by atoms with Gasteiger partial charge >= 0.3 is 0 Å². The summed E-state index contributed by atoms with van der Waals surface area (Å²) < 4.78 is 2.82. The van der Waals surface area contributed by atoms with Crippen LogP contribution in [0.1, 0.15) is 10.4 Å². The number of aryl methyl sites for hydroxylation is 1. The van der Waals surface area contributed by atoms with Crippen molar-refractivity contribution in [1.82, 2.24) is 9.55 Å². The normalized spacial score (nSPS) is 10.5. The summed E-state index contributed by atoms with van der Waals surface area (Å²) in [6.07, 6.45) is 3.65. The van der Waals surface area contributed by atoms with E-state index in [1.807, 2.05) is 54.2 Å². The second kappa shape index (κ2) is 7.02. The Balaban J connectivity index is 1.83. The van der Waals surface area contributed by atoms with Crippen LogP contribution in [0.15, 0.2) is 75.4 Å². The molecular formula is C17H14BrN3OS. The highest BCUT2D eigenvalue weighted by Gasteiger charge is 2.11. The van der Waals surface area contributed by atoms with Gasteiger partial charge in [-0.1, -0.05) is 34.1 Å². The number of carbonyl (C=O) groups excluding carboxylic acids is 1. The first-order valence-electron chi connectivity index (χ1n) is 6.94. The molecule has 0 radical (unpaired) electrons. The van der Waals surface area contributed by atoms with E-state index in [4.69, 9.17) is 0 Å². The van der Waals surface area contributed by atoms with E-state index < -0.39 is 0 Å². The van der Waals surface area contributed by atoms with Gasteiger partial charge < -0.3 is 9.88 Å². The predicted molar refractivity (Wildman–Crippen MR) is 95.9 cm³/mol. The Bertz CT molecular complexity index is 847. The zero-order valence-corrected chi connectivity index (χ0v) is 14.8. The van der Waals surface area contributed by atoms with Gasteiger partial charge in [-0.15, -0.1) is 0 Å². The number of carbonyl (C=O) groups is 1. The highest BCUT2D eigenvalue weighted by molar-refractivity contribution is 9.10. The van der Waals surface area contributed by atoms with Crippen molar-refractivity contribution in [3.05, 3.63) is 71.0 Å². The van der Waals surface area contributed by atoms with Crippen LogP contribution in [0, 0.1) is 0 Å². The number of amides is 1. The van der Waals surface area contributed by atoms with Gasteiger partial charge in [-0.05, 0) is 42.1 Å². The lowest BCUT2D eigenvalue weighted by Gasteiger charge is -2.10. The number of aromatic nitrogens is 2. The molecule has 3 rings (SSSR count). The van der Waals surface area contributed by atoms with E-state index >= 15 is 0 Å². The minimum absolute atomic E-state index is 0.140. The maximum Gasteiger partial charge on any atom is 0.255 e. The topological polar surface area (TPSA) is 46.9 Å². The van der Waals surface area contributed by atoms with E-state index in [0.717, 1.165) is 20.2 Å². The van der Waals surface area contributed by atoms with Crippen molar-refractivity contribution in [2.24, 2.45) is 7.05 Å². The van der Waals surface area contributed by atoms with Crippen LogP contribution in [0.4, 0.5) is 5.69 Å². The van der Waals surface area contributed by atoms with Gasteiger partial charge in [0, 0.05) is 34.4 Å². The van der Waals surface area contributed by atoms with Crippen molar-refractivity contribution in [3.63, 3.8) is 0 Å². The summed E-state index contributed by atoms with van der Waals surface area (Å²) in [5.74, 6) is -0.140. The Hall–Kier alpha value is -2.05. The first kappa shape index (κ1) is 15.8. The van der Waals surface area contributed by atoms with Crippen LogP contribution >= 0.6 is 27.7 Å². The molecule has 0 aliphatic rings. The van der Waals surface area contributed by atoms with Crippen LogP contribution in [-0.4, -0.2) is 15.5 Å². The van der Waals surface area contributed by atoms with Crippen molar-refractivity contribution in [3.8, 4) is 0 Å². The summed E-state index contributed by atoms with van der Waals surface area (Å²) in [6.45, 7) is 0. The molecule has 1 amide bonds. The van der Waals surface area contributed by atoms with Crippen molar-refractivity contribution in [2.75, 3.05) is 5.32 Å². The van der Waals surface area contributed by atoms with Gasteiger partial charge in [0.2, 0.25) is 0 Å². The number of anilines is 1. The van der Waals surface area contributed by atoms with E-state index in [2.05, 4.69) is 26.2 Å². The molecule has 0 unspecified atom stereocenters. The second-order valence-electron chi connectivity index (χ2n) is 4.88. The number of nitrogens with zero attached hydrogens (tertiary/aromatic N) is 2. The average molecular weight is 388 g/mol. The number of hydrogen-bond acceptors (Lipinski definition) is 3. The van der Waals surface area contributed by atoms with Gasteiger partial charge in [0.25, 0.3) is 5.91 Å². The van der Waals surface area contributed by atoms with Crippen LogP contribution < -0.4 is 5.32 Å². The van der Waals surface area contributed by atoms with E-state index in [1.165, 1.54) is 11.8 Å². The minimum Gasteiger partial charge on any atom is -0.329 e. The number of imidazole rings is 1. The Morgan fingerprint density at radius 3 is 2.78 bits per heavy atom. The molecule has 0 aliphatic heterocycles. The van der Waals surface area contributed by atoms with Crippen molar-refractivity contribution in [2.45, 2.75) is 10.1 Å². The summed E-state index contributed by atoms with van der Waals surface area (Å²) in [5.41, 5.74) is 1.38.